The number of nitrogens with zero attached hydrogens (tertiary/aromatic N) is 2. The second-order valence-corrected chi connectivity index (χ2v) is 10.5. The van der Waals surface area contributed by atoms with Crippen LogP contribution in [0, 0.1) is 0 Å². The van der Waals surface area contributed by atoms with E-state index < -0.39 is 0 Å². The van der Waals surface area contributed by atoms with Crippen LogP contribution in [0.4, 0.5) is 11.4 Å². The summed E-state index contributed by atoms with van der Waals surface area (Å²) < 4.78 is 0. The third kappa shape index (κ3) is 1.52. The topological polar surface area (TPSA) is 6.48 Å². The third-order valence-corrected chi connectivity index (χ3v) is 9.32. The minimum Gasteiger partial charge on any atom is -0.274 e. The van der Waals surface area contributed by atoms with Crippen molar-refractivity contribution in [3.8, 4) is 11.1 Å². The highest BCUT2D eigenvalue weighted by atomic mass is 32.2. The van der Waals surface area contributed by atoms with Gasteiger partial charge in [0.15, 0.2) is 0 Å². The maximum absolute atomic E-state index is 2.67. The summed E-state index contributed by atoms with van der Waals surface area (Å²) in [5.41, 5.74) is 8.64. The lowest BCUT2D eigenvalue weighted by Gasteiger charge is -2.62. The lowest BCUT2D eigenvalue weighted by atomic mass is 9.79. The van der Waals surface area contributed by atoms with Crippen molar-refractivity contribution >= 4 is 34.9 Å². The Balaban J connectivity index is 1.55. The highest BCUT2D eigenvalue weighted by Crippen LogP contribution is 2.62. The zero-order chi connectivity index (χ0) is 18.0. The minimum atomic E-state index is 0.377. The Bertz CT molecular complexity index is 1130. The van der Waals surface area contributed by atoms with Crippen LogP contribution in [0.2, 0.25) is 0 Å². The molecular formula is C24H16N2S2. The van der Waals surface area contributed by atoms with E-state index in [2.05, 4.69) is 82.9 Å². The Morgan fingerprint density at radius 3 is 1.64 bits per heavy atom. The van der Waals surface area contributed by atoms with Gasteiger partial charge in [-0.15, -0.1) is 23.5 Å². The molecule has 1 fully saturated rings. The molecule has 0 spiro atoms. The van der Waals surface area contributed by atoms with Gasteiger partial charge < -0.3 is 0 Å². The largest absolute Gasteiger partial charge is 0.274 e. The van der Waals surface area contributed by atoms with Crippen LogP contribution in [-0.4, -0.2) is 22.6 Å². The van der Waals surface area contributed by atoms with Gasteiger partial charge in [-0.3, -0.25) is 10.0 Å². The fraction of sp³-hybridized carbons (Fsp3) is 0.167. The van der Waals surface area contributed by atoms with Gasteiger partial charge in [0.1, 0.15) is 0 Å². The molecule has 2 aliphatic carbocycles. The number of benzene rings is 2. The molecule has 2 nitrogen and oxygen atoms in total. The van der Waals surface area contributed by atoms with Crippen LogP contribution in [0.3, 0.4) is 0 Å². The molecule has 0 radical (unpaired) electrons. The molecule has 1 saturated heterocycles. The van der Waals surface area contributed by atoms with Crippen LogP contribution < -0.4 is 10.0 Å². The summed E-state index contributed by atoms with van der Waals surface area (Å²) in [6.45, 7) is 0. The fourth-order valence-electron chi connectivity index (χ4n) is 5.78. The number of rotatable bonds is 0. The molecule has 4 aliphatic heterocycles. The van der Waals surface area contributed by atoms with E-state index in [0.717, 1.165) is 0 Å². The van der Waals surface area contributed by atoms with Gasteiger partial charge in [-0.25, -0.2) is 0 Å². The standard InChI is InChI=1S/C24H16N2S2/c1-5-13-14-6-2-11-19-22(14)26-24-16(8-4-12-20(24)28-19)15-7-3-10-18-23(15)25(26)21(13)17(9-1)27-18/h1-12,17,19,21-22H/t17-,19?,21?,22-/m0/s1. The predicted molar refractivity (Wildman–Crippen MR) is 118 cm³/mol. The quantitative estimate of drug-likeness (QED) is 0.573. The Labute approximate surface area is 172 Å². The van der Waals surface area contributed by atoms with E-state index >= 15 is 0 Å². The molecule has 2 unspecified atom stereocenters. The summed E-state index contributed by atoms with van der Waals surface area (Å²) in [5, 5.41) is 6.25. The van der Waals surface area contributed by atoms with Crippen molar-refractivity contribution in [1.29, 1.82) is 0 Å². The first kappa shape index (κ1) is 14.7. The van der Waals surface area contributed by atoms with Crippen LogP contribution in [-0.2, 0) is 0 Å². The maximum atomic E-state index is 2.67. The number of allylic oxidation sites excluding steroid dienone is 4. The molecule has 4 atom stereocenters. The highest BCUT2D eigenvalue weighted by Gasteiger charge is 2.55. The summed E-state index contributed by atoms with van der Waals surface area (Å²) in [7, 11) is 0. The molecule has 0 saturated carbocycles. The van der Waals surface area contributed by atoms with Crippen LogP contribution in [0.1, 0.15) is 0 Å². The molecule has 0 N–H and O–H groups in total. The fourth-order valence-corrected chi connectivity index (χ4v) is 8.43. The van der Waals surface area contributed by atoms with Gasteiger partial charge in [-0.05, 0) is 23.3 Å². The zero-order valence-corrected chi connectivity index (χ0v) is 16.6. The molecule has 0 aromatic heterocycles. The van der Waals surface area contributed by atoms with E-state index in [4.69, 9.17) is 0 Å². The molecule has 2 aromatic carbocycles. The first-order valence-electron chi connectivity index (χ1n) is 9.85. The average Bonchev–Trinajstić information content (AvgIpc) is 2.74. The van der Waals surface area contributed by atoms with Crippen LogP contribution in [0.25, 0.3) is 11.1 Å². The summed E-state index contributed by atoms with van der Waals surface area (Å²) in [6.07, 6.45) is 14.1. The first-order valence-corrected chi connectivity index (χ1v) is 11.6. The second-order valence-electron chi connectivity index (χ2n) is 8.06. The Hall–Kier alpha value is -2.30. The molecule has 4 heteroatoms. The Morgan fingerprint density at radius 2 is 1.14 bits per heavy atom. The van der Waals surface area contributed by atoms with Crippen molar-refractivity contribution in [2.75, 3.05) is 10.0 Å². The van der Waals surface area contributed by atoms with Crippen LogP contribution in [0.15, 0.2) is 93.8 Å². The van der Waals surface area contributed by atoms with Gasteiger partial charge in [0, 0.05) is 20.9 Å². The van der Waals surface area contributed by atoms with Crippen LogP contribution in [0.5, 0.6) is 0 Å². The van der Waals surface area contributed by atoms with Gasteiger partial charge in [-0.1, -0.05) is 60.7 Å². The smallest absolute Gasteiger partial charge is 0.0917 e. The van der Waals surface area contributed by atoms with Gasteiger partial charge >= 0.3 is 0 Å². The molecule has 0 bridgehead atoms. The molecule has 4 heterocycles. The van der Waals surface area contributed by atoms with E-state index in [9.17, 15) is 0 Å². The van der Waals surface area contributed by atoms with E-state index in [1.165, 1.54) is 43.4 Å². The monoisotopic (exact) mass is 396 g/mol. The normalized spacial score (nSPS) is 31.3. The van der Waals surface area contributed by atoms with Crippen molar-refractivity contribution < 1.29 is 0 Å². The summed E-state index contributed by atoms with van der Waals surface area (Å²) in [4.78, 5) is 2.82. The number of hydrogen-bond donors (Lipinski definition) is 0. The minimum absolute atomic E-state index is 0.377. The van der Waals surface area contributed by atoms with Crippen molar-refractivity contribution in [1.82, 2.24) is 0 Å². The summed E-state index contributed by atoms with van der Waals surface area (Å²) in [6, 6.07) is 14.5. The Kier molecular flexibility index (Phi) is 2.52. The molecule has 8 rings (SSSR count). The maximum Gasteiger partial charge on any atom is 0.0917 e. The number of thioether (sulfide) groups is 2. The van der Waals surface area contributed by atoms with Crippen molar-refractivity contribution in [3.63, 3.8) is 0 Å². The van der Waals surface area contributed by atoms with Gasteiger partial charge in [-0.2, -0.15) is 0 Å². The number of hydrogen-bond acceptors (Lipinski definition) is 4. The number of anilines is 2. The number of para-hydroxylation sites is 2. The van der Waals surface area contributed by atoms with Crippen molar-refractivity contribution in [3.05, 3.63) is 84.0 Å². The number of hydrazine groups is 1. The molecular weight excluding hydrogens is 380 g/mol. The van der Waals surface area contributed by atoms with E-state index in [-0.39, 0.29) is 0 Å². The number of fused-ring (bicyclic) bond motifs is 2. The second kappa shape index (κ2) is 4.81. The van der Waals surface area contributed by atoms with Gasteiger partial charge in [0.25, 0.3) is 0 Å². The lowest BCUT2D eigenvalue weighted by molar-refractivity contribution is 0.511. The molecule has 2 aromatic rings. The van der Waals surface area contributed by atoms with E-state index in [1.54, 1.807) is 0 Å². The zero-order valence-electron chi connectivity index (χ0n) is 14.9. The third-order valence-electron chi connectivity index (χ3n) is 6.78. The first-order chi connectivity index (χ1) is 13.9. The van der Waals surface area contributed by atoms with Gasteiger partial charge in [0.05, 0.1) is 34.0 Å². The summed E-state index contributed by atoms with van der Waals surface area (Å²) >= 11 is 4.06. The lowest BCUT2D eigenvalue weighted by Crippen LogP contribution is -2.68. The van der Waals surface area contributed by atoms with E-state index in [1.807, 2.05) is 23.5 Å². The average molecular weight is 397 g/mol. The summed E-state index contributed by atoms with van der Waals surface area (Å²) in [5.74, 6) is 0. The molecule has 6 aliphatic rings. The van der Waals surface area contributed by atoms with E-state index in [0.29, 0.717) is 22.6 Å². The van der Waals surface area contributed by atoms with Crippen molar-refractivity contribution in [2.45, 2.75) is 32.4 Å². The molecule has 28 heavy (non-hydrogen) atoms. The van der Waals surface area contributed by atoms with Gasteiger partial charge in [0.2, 0.25) is 0 Å². The SMILES string of the molecule is C1=CC2Sc3cccc4c3N3[C@H]2C(=C1)C1=CC=C[C@@H]2Sc5cccc-4c5N3C12. The molecule has 0 amide bonds. The predicted octanol–water partition coefficient (Wildman–Crippen LogP) is 5.59. The van der Waals surface area contributed by atoms with Crippen molar-refractivity contribution in [2.24, 2.45) is 0 Å². The van der Waals surface area contributed by atoms with Crippen LogP contribution >= 0.6 is 23.5 Å². The Morgan fingerprint density at radius 1 is 0.643 bits per heavy atom. The highest BCUT2D eigenvalue weighted by molar-refractivity contribution is 8.00. The molecule has 134 valence electrons.